The van der Waals surface area contributed by atoms with Crippen LogP contribution in [0.3, 0.4) is 0 Å². The number of alkyl halides is 1. The molecule has 1 aliphatic rings. The van der Waals surface area contributed by atoms with E-state index < -0.39 is 5.97 Å². The van der Waals surface area contributed by atoms with Crippen molar-refractivity contribution in [1.82, 2.24) is 0 Å². The van der Waals surface area contributed by atoms with Crippen molar-refractivity contribution in [3.05, 3.63) is 82.0 Å². The number of carbonyl (C=O) groups is 1. The second kappa shape index (κ2) is 11.4. The van der Waals surface area contributed by atoms with Gasteiger partial charge in [-0.3, -0.25) is 0 Å². The zero-order chi connectivity index (χ0) is 24.1. The van der Waals surface area contributed by atoms with E-state index in [9.17, 15) is 9.90 Å². The molecule has 180 valence electrons. The fraction of sp³-hybridized carbons (Fsp3) is 0.414. The van der Waals surface area contributed by atoms with Gasteiger partial charge in [0.2, 0.25) is 0 Å². The lowest BCUT2D eigenvalue weighted by Crippen LogP contribution is -2.31. The van der Waals surface area contributed by atoms with Crippen LogP contribution in [0.25, 0.3) is 0 Å². The lowest BCUT2D eigenvalue weighted by Gasteiger charge is -2.32. The Morgan fingerprint density at radius 3 is 2.53 bits per heavy atom. The van der Waals surface area contributed by atoms with Gasteiger partial charge in [0, 0.05) is 28.2 Å². The first-order valence-corrected chi connectivity index (χ1v) is 13.6. The number of aromatic carboxylic acids is 1. The number of benzene rings is 2. The van der Waals surface area contributed by atoms with Crippen molar-refractivity contribution in [2.75, 3.05) is 11.4 Å². The van der Waals surface area contributed by atoms with Crippen molar-refractivity contribution >= 4 is 40.3 Å². The minimum Gasteiger partial charge on any atom is -0.477 e. The third-order valence-electron chi connectivity index (χ3n) is 7.06. The van der Waals surface area contributed by atoms with Crippen LogP contribution in [0.4, 0.5) is 11.4 Å². The predicted octanol–water partition coefficient (Wildman–Crippen LogP) is 8.36. The molecule has 0 saturated heterocycles. The van der Waals surface area contributed by atoms with Crippen LogP contribution in [0.1, 0.15) is 65.6 Å². The maximum Gasteiger partial charge on any atom is 0.345 e. The highest BCUT2D eigenvalue weighted by molar-refractivity contribution is 7.13. The molecule has 1 fully saturated rings. The monoisotopic (exact) mass is 495 g/mol. The van der Waals surface area contributed by atoms with Crippen LogP contribution in [0, 0.1) is 11.8 Å². The largest absolute Gasteiger partial charge is 0.477 e. The molecule has 3 nitrogen and oxygen atoms in total. The SMILES string of the molecule is CC(C)c1cccc(N(CC2C(Cl)CC[C@@H]2CCCc2ccc(C(=O)O)s2)c2ccccc2)c1. The maximum atomic E-state index is 11.2. The van der Waals surface area contributed by atoms with E-state index in [2.05, 4.69) is 73.3 Å². The molecule has 3 aromatic rings. The Hall–Kier alpha value is -2.30. The molecule has 0 radical (unpaired) electrons. The molecule has 34 heavy (non-hydrogen) atoms. The number of carboxylic acid groups (broad SMARTS) is 1. The summed E-state index contributed by atoms with van der Waals surface area (Å²) in [6, 6.07) is 23.2. The van der Waals surface area contributed by atoms with Crippen LogP contribution in [-0.4, -0.2) is 23.0 Å². The van der Waals surface area contributed by atoms with Crippen LogP contribution in [-0.2, 0) is 6.42 Å². The van der Waals surface area contributed by atoms with Gasteiger partial charge in [0.1, 0.15) is 4.88 Å². The van der Waals surface area contributed by atoms with Crippen molar-refractivity contribution in [3.8, 4) is 0 Å². The zero-order valence-corrected chi connectivity index (χ0v) is 21.6. The molecule has 0 amide bonds. The molecule has 5 heteroatoms. The number of hydrogen-bond acceptors (Lipinski definition) is 3. The molecular formula is C29H34ClNO2S. The van der Waals surface area contributed by atoms with E-state index in [-0.39, 0.29) is 5.38 Å². The summed E-state index contributed by atoms with van der Waals surface area (Å²) < 4.78 is 0. The summed E-state index contributed by atoms with van der Waals surface area (Å²) in [4.78, 5) is 15.2. The smallest absolute Gasteiger partial charge is 0.345 e. The number of carboxylic acids is 1. The number of hydrogen-bond donors (Lipinski definition) is 1. The molecule has 0 aliphatic heterocycles. The van der Waals surface area contributed by atoms with Gasteiger partial charge < -0.3 is 10.0 Å². The highest BCUT2D eigenvalue weighted by atomic mass is 35.5. The van der Waals surface area contributed by atoms with E-state index in [1.165, 1.54) is 28.3 Å². The third-order valence-corrected chi connectivity index (χ3v) is 8.74. The number of para-hydroxylation sites is 1. The number of thiophene rings is 1. The first-order valence-electron chi connectivity index (χ1n) is 12.3. The number of rotatable bonds is 10. The third kappa shape index (κ3) is 6.03. The second-order valence-corrected chi connectivity index (χ2v) is 11.4. The standard InChI is InChI=1S/C29H34ClNO2S/c1-20(2)22-9-6-12-24(18-22)31(23-10-4-3-5-11-23)19-26-21(14-16-27(26)30)8-7-13-25-15-17-28(34-25)29(32)33/h3-6,9-12,15,17-18,20-21,26-27H,7-8,13-14,16,19H2,1-2H3,(H,32,33)/t21-,26?,27?/m0/s1. The molecule has 1 heterocycles. The fourth-order valence-electron chi connectivity index (χ4n) is 5.11. The zero-order valence-electron chi connectivity index (χ0n) is 20.0. The summed E-state index contributed by atoms with van der Waals surface area (Å²) in [6.45, 7) is 5.38. The molecule has 2 aromatic carbocycles. The van der Waals surface area contributed by atoms with Crippen LogP contribution in [0.2, 0.25) is 0 Å². The van der Waals surface area contributed by atoms with Gasteiger partial charge in [-0.1, -0.05) is 44.2 Å². The summed E-state index contributed by atoms with van der Waals surface area (Å²) >= 11 is 8.32. The number of anilines is 2. The van der Waals surface area contributed by atoms with Crippen LogP contribution < -0.4 is 4.90 Å². The van der Waals surface area contributed by atoms with Gasteiger partial charge >= 0.3 is 5.97 Å². The molecule has 1 saturated carbocycles. The Balaban J connectivity index is 1.48. The molecule has 4 rings (SSSR count). The molecule has 1 aromatic heterocycles. The molecular weight excluding hydrogens is 462 g/mol. The van der Waals surface area contributed by atoms with Crippen LogP contribution in [0.5, 0.6) is 0 Å². The van der Waals surface area contributed by atoms with Crippen LogP contribution >= 0.6 is 22.9 Å². The number of nitrogens with zero attached hydrogens (tertiary/aromatic N) is 1. The first-order chi connectivity index (χ1) is 16.4. The van der Waals surface area contributed by atoms with Gasteiger partial charge in [-0.25, -0.2) is 4.79 Å². The average Bonchev–Trinajstić information content (AvgIpc) is 3.45. The van der Waals surface area contributed by atoms with E-state index in [0.29, 0.717) is 22.6 Å². The minimum atomic E-state index is -0.834. The average molecular weight is 496 g/mol. The molecule has 0 spiro atoms. The lowest BCUT2D eigenvalue weighted by atomic mass is 9.89. The van der Waals surface area contributed by atoms with Gasteiger partial charge in [-0.15, -0.1) is 22.9 Å². The normalized spacial score (nSPS) is 20.1. The van der Waals surface area contributed by atoms with Crippen LogP contribution in [0.15, 0.2) is 66.7 Å². The van der Waals surface area contributed by atoms with Crippen molar-refractivity contribution < 1.29 is 9.90 Å². The molecule has 0 bridgehead atoms. The predicted molar refractivity (Wildman–Crippen MR) is 144 cm³/mol. The van der Waals surface area contributed by atoms with Gasteiger partial charge in [0.15, 0.2) is 0 Å². The Labute approximate surface area is 212 Å². The van der Waals surface area contributed by atoms with Crippen molar-refractivity contribution in [2.24, 2.45) is 11.8 Å². The van der Waals surface area contributed by atoms with Crippen molar-refractivity contribution in [3.63, 3.8) is 0 Å². The van der Waals surface area contributed by atoms with E-state index in [4.69, 9.17) is 11.6 Å². The van der Waals surface area contributed by atoms with E-state index in [1.54, 1.807) is 6.07 Å². The van der Waals surface area contributed by atoms with Crippen molar-refractivity contribution in [1.29, 1.82) is 0 Å². The number of aryl methyl sites for hydroxylation is 1. The Kier molecular flexibility index (Phi) is 8.33. The van der Waals surface area contributed by atoms with E-state index in [1.807, 2.05) is 6.07 Å². The van der Waals surface area contributed by atoms with Gasteiger partial charge in [0.05, 0.1) is 0 Å². The molecule has 1 aliphatic carbocycles. The topological polar surface area (TPSA) is 40.5 Å². The molecule has 1 N–H and O–H groups in total. The Morgan fingerprint density at radius 1 is 1.06 bits per heavy atom. The summed E-state index contributed by atoms with van der Waals surface area (Å²) in [7, 11) is 0. The highest BCUT2D eigenvalue weighted by Gasteiger charge is 2.36. The highest BCUT2D eigenvalue weighted by Crippen LogP contribution is 2.41. The maximum absolute atomic E-state index is 11.2. The van der Waals surface area contributed by atoms with Gasteiger partial charge in [-0.2, -0.15) is 0 Å². The van der Waals surface area contributed by atoms with E-state index >= 15 is 0 Å². The summed E-state index contributed by atoms with van der Waals surface area (Å²) in [5.41, 5.74) is 3.78. The number of halogens is 1. The van der Waals surface area contributed by atoms with E-state index in [0.717, 1.165) is 43.5 Å². The first kappa shape index (κ1) is 24.8. The van der Waals surface area contributed by atoms with Crippen molar-refractivity contribution in [2.45, 2.75) is 57.2 Å². The quantitative estimate of drug-likeness (QED) is 0.287. The molecule has 3 atom stereocenters. The summed E-state index contributed by atoms with van der Waals surface area (Å²) in [5, 5.41) is 9.36. The second-order valence-electron chi connectivity index (χ2n) is 9.68. The minimum absolute atomic E-state index is 0.185. The van der Waals surface area contributed by atoms with Gasteiger partial charge in [0.25, 0.3) is 0 Å². The summed E-state index contributed by atoms with van der Waals surface area (Å²) in [5.74, 6) is 0.652. The van der Waals surface area contributed by atoms with Gasteiger partial charge in [-0.05, 0) is 91.8 Å². The fourth-order valence-corrected chi connectivity index (χ4v) is 6.41. The lowest BCUT2D eigenvalue weighted by molar-refractivity contribution is 0.0702. The Bertz CT molecular complexity index is 1080. The molecule has 2 unspecified atom stereocenters. The Morgan fingerprint density at radius 2 is 1.82 bits per heavy atom. The summed E-state index contributed by atoms with van der Waals surface area (Å²) in [6.07, 6.45) is 5.36.